The van der Waals surface area contributed by atoms with Crippen LogP contribution in [-0.2, 0) is 0 Å². The summed E-state index contributed by atoms with van der Waals surface area (Å²) in [7, 11) is 0. The van der Waals surface area contributed by atoms with Crippen molar-refractivity contribution >= 4 is 0 Å². The van der Waals surface area contributed by atoms with Gasteiger partial charge < -0.3 is 14.9 Å². The van der Waals surface area contributed by atoms with Crippen molar-refractivity contribution in [2.75, 3.05) is 0 Å². The monoisotopic (exact) mass is 248 g/mol. The zero-order chi connectivity index (χ0) is 13.5. The number of rotatable bonds is 1. The summed E-state index contributed by atoms with van der Waals surface area (Å²) in [4.78, 5) is 0. The van der Waals surface area contributed by atoms with E-state index in [1.54, 1.807) is 12.1 Å². The van der Waals surface area contributed by atoms with Gasteiger partial charge in [-0.05, 0) is 44.9 Å². The second kappa shape index (κ2) is 4.32. The first-order chi connectivity index (χ1) is 8.35. The highest BCUT2D eigenvalue weighted by molar-refractivity contribution is 5.49. The van der Waals surface area contributed by atoms with Gasteiger partial charge in [0.2, 0.25) is 0 Å². The number of aliphatic hydroxyl groups is 1. The molecule has 3 nitrogen and oxygen atoms in total. The summed E-state index contributed by atoms with van der Waals surface area (Å²) in [5, 5.41) is 20.0. The van der Waals surface area contributed by atoms with E-state index in [1.807, 2.05) is 26.8 Å². The molecule has 0 aromatic heterocycles. The third-order valence-electron chi connectivity index (χ3n) is 3.67. The van der Waals surface area contributed by atoms with Crippen LogP contribution >= 0.6 is 0 Å². The minimum Gasteiger partial charge on any atom is -0.508 e. The summed E-state index contributed by atoms with van der Waals surface area (Å²) in [6.07, 6.45) is 1.77. The Morgan fingerprint density at radius 3 is 2.72 bits per heavy atom. The highest BCUT2D eigenvalue weighted by atomic mass is 16.5. The molecule has 2 atom stereocenters. The molecule has 0 amide bonds. The van der Waals surface area contributed by atoms with Crippen molar-refractivity contribution < 1.29 is 14.9 Å². The van der Waals surface area contributed by atoms with Crippen LogP contribution in [0.1, 0.15) is 37.3 Å². The first-order valence-corrected chi connectivity index (χ1v) is 6.18. The summed E-state index contributed by atoms with van der Waals surface area (Å²) in [5.41, 5.74) is 1.01. The van der Waals surface area contributed by atoms with Crippen LogP contribution in [0, 0.1) is 6.92 Å². The van der Waals surface area contributed by atoms with Gasteiger partial charge in [0.1, 0.15) is 17.1 Å². The lowest BCUT2D eigenvalue weighted by molar-refractivity contribution is -0.0273. The molecule has 18 heavy (non-hydrogen) atoms. The van der Waals surface area contributed by atoms with Crippen LogP contribution < -0.4 is 4.74 Å². The van der Waals surface area contributed by atoms with Crippen LogP contribution in [0.3, 0.4) is 0 Å². The van der Waals surface area contributed by atoms with Crippen molar-refractivity contribution in [2.24, 2.45) is 0 Å². The molecular formula is C15H20O3. The second-order valence-electron chi connectivity index (χ2n) is 5.48. The van der Waals surface area contributed by atoms with Gasteiger partial charge >= 0.3 is 0 Å². The van der Waals surface area contributed by atoms with Gasteiger partial charge in [-0.1, -0.05) is 6.08 Å². The number of ether oxygens (including phenoxy) is 1. The van der Waals surface area contributed by atoms with Gasteiger partial charge in [-0.25, -0.2) is 0 Å². The number of phenols is 1. The van der Waals surface area contributed by atoms with Crippen molar-refractivity contribution in [3.05, 3.63) is 35.9 Å². The van der Waals surface area contributed by atoms with Crippen molar-refractivity contribution in [1.82, 2.24) is 0 Å². The lowest BCUT2D eigenvalue weighted by atomic mass is 9.88. The highest BCUT2D eigenvalue weighted by Crippen LogP contribution is 2.41. The van der Waals surface area contributed by atoms with Crippen LogP contribution in [0.2, 0.25) is 0 Å². The fraction of sp³-hybridized carbons (Fsp3) is 0.467. The molecule has 0 fully saturated rings. The summed E-state index contributed by atoms with van der Waals surface area (Å²) in [6.45, 7) is 9.38. The molecule has 1 aromatic rings. The third-order valence-corrected chi connectivity index (χ3v) is 3.67. The first-order valence-electron chi connectivity index (χ1n) is 6.18. The van der Waals surface area contributed by atoms with Gasteiger partial charge in [0.15, 0.2) is 0 Å². The van der Waals surface area contributed by atoms with Gasteiger partial charge in [0.25, 0.3) is 0 Å². The van der Waals surface area contributed by atoms with Crippen LogP contribution in [-0.4, -0.2) is 21.9 Å². The SMILES string of the molecule is C=C[C@@H]1C[C@@H](O)C(C)(C)Oc2cc(C)c(O)cc21. The first kappa shape index (κ1) is 13.0. The standard InChI is InChI=1S/C15H20O3/c1-5-10-7-14(17)15(3,4)18-13-6-9(2)12(16)8-11(10)13/h5-6,8,10,14,16-17H,1,7H2,2-4H3/t10-,14-/m1/s1. The maximum absolute atomic E-state index is 10.2. The van der Waals surface area contributed by atoms with Crippen LogP contribution in [0.5, 0.6) is 11.5 Å². The van der Waals surface area contributed by atoms with E-state index < -0.39 is 11.7 Å². The van der Waals surface area contributed by atoms with Gasteiger partial charge in [-0.2, -0.15) is 0 Å². The van der Waals surface area contributed by atoms with Crippen molar-refractivity contribution in [1.29, 1.82) is 0 Å². The predicted molar refractivity (Wildman–Crippen MR) is 71.1 cm³/mol. The molecular weight excluding hydrogens is 228 g/mol. The molecule has 0 bridgehead atoms. The van der Waals surface area contributed by atoms with Gasteiger partial charge in [0.05, 0.1) is 6.10 Å². The molecule has 1 aliphatic rings. The molecule has 1 heterocycles. The molecule has 2 rings (SSSR count). The average Bonchev–Trinajstić information content (AvgIpc) is 2.37. The summed E-state index contributed by atoms with van der Waals surface area (Å²) < 4.78 is 5.92. The van der Waals surface area contributed by atoms with E-state index in [1.165, 1.54) is 0 Å². The fourth-order valence-corrected chi connectivity index (χ4v) is 2.29. The Morgan fingerprint density at radius 1 is 1.44 bits per heavy atom. The molecule has 2 N–H and O–H groups in total. The number of allylic oxidation sites excluding steroid dienone is 1. The Hall–Kier alpha value is -1.48. The van der Waals surface area contributed by atoms with E-state index >= 15 is 0 Å². The number of aryl methyl sites for hydroxylation is 1. The number of aromatic hydroxyl groups is 1. The molecule has 0 saturated heterocycles. The van der Waals surface area contributed by atoms with Gasteiger partial charge in [0, 0.05) is 11.5 Å². The van der Waals surface area contributed by atoms with Crippen molar-refractivity contribution in [3.63, 3.8) is 0 Å². The fourth-order valence-electron chi connectivity index (χ4n) is 2.29. The van der Waals surface area contributed by atoms with E-state index in [9.17, 15) is 10.2 Å². The molecule has 0 spiro atoms. The van der Waals surface area contributed by atoms with Crippen LogP contribution in [0.4, 0.5) is 0 Å². The Labute approximate surface area is 108 Å². The normalized spacial score (nSPS) is 25.8. The molecule has 0 unspecified atom stereocenters. The maximum Gasteiger partial charge on any atom is 0.129 e. The average molecular weight is 248 g/mol. The molecule has 0 saturated carbocycles. The lowest BCUT2D eigenvalue weighted by Crippen LogP contribution is -2.41. The molecule has 1 aliphatic heterocycles. The van der Waals surface area contributed by atoms with E-state index in [0.717, 1.165) is 16.9 Å². The number of hydrogen-bond acceptors (Lipinski definition) is 3. The topological polar surface area (TPSA) is 49.7 Å². The lowest BCUT2D eigenvalue weighted by Gasteiger charge is -2.29. The zero-order valence-electron chi connectivity index (χ0n) is 11.1. The summed E-state index contributed by atoms with van der Waals surface area (Å²) in [5.74, 6) is 0.957. The van der Waals surface area contributed by atoms with E-state index in [-0.39, 0.29) is 11.7 Å². The Morgan fingerprint density at radius 2 is 2.11 bits per heavy atom. The van der Waals surface area contributed by atoms with Gasteiger partial charge in [-0.3, -0.25) is 0 Å². The molecule has 0 radical (unpaired) electrons. The Kier molecular flexibility index (Phi) is 3.11. The van der Waals surface area contributed by atoms with E-state index in [0.29, 0.717) is 6.42 Å². The van der Waals surface area contributed by atoms with Crippen LogP contribution in [0.15, 0.2) is 24.8 Å². The van der Waals surface area contributed by atoms with Crippen molar-refractivity contribution in [2.45, 2.75) is 44.8 Å². The molecule has 3 heteroatoms. The third kappa shape index (κ3) is 2.10. The number of aliphatic hydroxyl groups excluding tert-OH is 1. The predicted octanol–water partition coefficient (Wildman–Crippen LogP) is 2.89. The van der Waals surface area contributed by atoms with E-state index in [4.69, 9.17) is 4.74 Å². The number of fused-ring (bicyclic) bond motifs is 1. The largest absolute Gasteiger partial charge is 0.508 e. The van der Waals surface area contributed by atoms with Crippen molar-refractivity contribution in [3.8, 4) is 11.5 Å². The summed E-state index contributed by atoms with van der Waals surface area (Å²) in [6, 6.07) is 3.53. The highest BCUT2D eigenvalue weighted by Gasteiger charge is 2.36. The number of benzene rings is 1. The van der Waals surface area contributed by atoms with E-state index in [2.05, 4.69) is 6.58 Å². The number of hydrogen-bond donors (Lipinski definition) is 2. The maximum atomic E-state index is 10.2. The zero-order valence-corrected chi connectivity index (χ0v) is 11.1. The minimum atomic E-state index is -0.643. The quantitative estimate of drug-likeness (QED) is 0.751. The number of phenolic OH excluding ortho intramolecular Hbond substituents is 1. The molecule has 0 aliphatic carbocycles. The minimum absolute atomic E-state index is 0.0109. The Bertz CT molecular complexity index is 477. The summed E-state index contributed by atoms with van der Waals surface area (Å²) >= 11 is 0. The smallest absolute Gasteiger partial charge is 0.129 e. The van der Waals surface area contributed by atoms with Crippen LogP contribution in [0.25, 0.3) is 0 Å². The second-order valence-corrected chi connectivity index (χ2v) is 5.48. The molecule has 1 aromatic carbocycles. The Balaban J connectivity index is 2.57. The van der Waals surface area contributed by atoms with Gasteiger partial charge in [-0.15, -0.1) is 6.58 Å². The molecule has 98 valence electrons.